The van der Waals surface area contributed by atoms with Crippen LogP contribution >= 0.6 is 0 Å². The Labute approximate surface area is 111 Å². The van der Waals surface area contributed by atoms with Crippen LogP contribution < -0.4 is 10.2 Å². The monoisotopic (exact) mass is 258 g/mol. The number of hydrogen-bond acceptors (Lipinski definition) is 5. The average Bonchev–Trinajstić information content (AvgIpc) is 2.96. The highest BCUT2D eigenvalue weighted by atomic mass is 15.3. The summed E-state index contributed by atoms with van der Waals surface area (Å²) in [6.45, 7) is 2.13. The van der Waals surface area contributed by atoms with Gasteiger partial charge in [-0.05, 0) is 25.7 Å². The second kappa shape index (κ2) is 4.45. The zero-order chi connectivity index (χ0) is 12.7. The number of rotatable bonds is 4. The highest BCUT2D eigenvalue weighted by Gasteiger charge is 2.29. The van der Waals surface area contributed by atoms with E-state index in [9.17, 15) is 0 Å². The quantitative estimate of drug-likeness (QED) is 0.858. The molecule has 1 atom stereocenters. The lowest BCUT2D eigenvalue weighted by molar-refractivity contribution is 0.569. The molecule has 0 amide bonds. The van der Waals surface area contributed by atoms with Crippen molar-refractivity contribution < 1.29 is 0 Å². The largest absolute Gasteiger partial charge is 0.350 e. The lowest BCUT2D eigenvalue weighted by atomic mass is 10.2. The molecule has 1 saturated heterocycles. The van der Waals surface area contributed by atoms with E-state index in [0.717, 1.165) is 36.1 Å². The average molecular weight is 258 g/mol. The van der Waals surface area contributed by atoms with Gasteiger partial charge < -0.3 is 15.2 Å². The van der Waals surface area contributed by atoms with Crippen molar-refractivity contribution in [3.63, 3.8) is 0 Å². The van der Waals surface area contributed by atoms with Gasteiger partial charge in [0.1, 0.15) is 11.8 Å². The first-order chi connectivity index (χ1) is 9.42. The Morgan fingerprint density at radius 3 is 3.11 bits per heavy atom. The van der Waals surface area contributed by atoms with E-state index >= 15 is 0 Å². The van der Waals surface area contributed by atoms with Gasteiger partial charge in [-0.2, -0.15) is 0 Å². The fourth-order valence-electron chi connectivity index (χ4n) is 2.89. The highest BCUT2D eigenvalue weighted by Crippen LogP contribution is 2.28. The first-order valence-electron chi connectivity index (χ1n) is 7.06. The summed E-state index contributed by atoms with van der Waals surface area (Å²) in [5.74, 6) is 1.00. The molecule has 1 aliphatic heterocycles. The van der Waals surface area contributed by atoms with Crippen molar-refractivity contribution in [2.24, 2.45) is 0 Å². The lowest BCUT2D eigenvalue weighted by Gasteiger charge is -2.26. The van der Waals surface area contributed by atoms with Gasteiger partial charge in [0.05, 0.1) is 6.33 Å². The Balaban J connectivity index is 1.60. The van der Waals surface area contributed by atoms with E-state index in [1.807, 2.05) is 0 Å². The molecule has 0 radical (unpaired) electrons. The molecule has 4 rings (SSSR count). The molecule has 2 N–H and O–H groups in total. The minimum atomic E-state index is 0.544. The normalized spacial score (nSPS) is 23.4. The SMILES string of the molecule is c1nc(N2CCCC2CNC2CC2)c2[nH]cnc2n1. The maximum Gasteiger partial charge on any atom is 0.182 e. The van der Waals surface area contributed by atoms with Crippen molar-refractivity contribution in [3.05, 3.63) is 12.7 Å². The molecule has 0 spiro atoms. The zero-order valence-corrected chi connectivity index (χ0v) is 10.8. The van der Waals surface area contributed by atoms with E-state index in [4.69, 9.17) is 0 Å². The summed E-state index contributed by atoms with van der Waals surface area (Å²) < 4.78 is 0. The Hall–Kier alpha value is -1.69. The standard InChI is InChI=1S/C13H18N6/c1-2-10(6-14-9-3-4-9)19(5-1)13-11-12(16-7-15-11)17-8-18-13/h7-10,14H,1-6H2,(H,15,16,17,18). The number of H-pyrrole nitrogens is 1. The van der Waals surface area contributed by atoms with Crippen LogP contribution in [0.5, 0.6) is 0 Å². The summed E-state index contributed by atoms with van der Waals surface area (Å²) in [6.07, 6.45) is 8.45. The summed E-state index contributed by atoms with van der Waals surface area (Å²) in [5, 5.41) is 3.63. The van der Waals surface area contributed by atoms with Crippen LogP contribution in [0.15, 0.2) is 12.7 Å². The van der Waals surface area contributed by atoms with Gasteiger partial charge >= 0.3 is 0 Å². The third-order valence-electron chi connectivity index (χ3n) is 4.07. The Morgan fingerprint density at radius 2 is 2.21 bits per heavy atom. The van der Waals surface area contributed by atoms with Crippen LogP contribution in [0, 0.1) is 0 Å². The summed E-state index contributed by atoms with van der Waals surface area (Å²) in [6, 6.07) is 1.31. The molecule has 6 heteroatoms. The number of aromatic nitrogens is 4. The number of hydrogen-bond donors (Lipinski definition) is 2. The van der Waals surface area contributed by atoms with Crippen molar-refractivity contribution >= 4 is 17.0 Å². The van der Waals surface area contributed by atoms with E-state index in [0.29, 0.717) is 6.04 Å². The predicted octanol–water partition coefficient (Wildman–Crippen LogP) is 1.07. The number of aromatic amines is 1. The van der Waals surface area contributed by atoms with Gasteiger partial charge in [0.2, 0.25) is 0 Å². The molecule has 1 saturated carbocycles. The van der Waals surface area contributed by atoms with Crippen molar-refractivity contribution in [2.75, 3.05) is 18.0 Å². The van der Waals surface area contributed by atoms with Gasteiger partial charge in [0.25, 0.3) is 0 Å². The molecule has 1 aliphatic carbocycles. The van der Waals surface area contributed by atoms with E-state index in [1.165, 1.54) is 25.7 Å². The summed E-state index contributed by atoms with van der Waals surface area (Å²) in [4.78, 5) is 18.4. The zero-order valence-electron chi connectivity index (χ0n) is 10.8. The second-order valence-corrected chi connectivity index (χ2v) is 5.47. The van der Waals surface area contributed by atoms with E-state index in [1.54, 1.807) is 12.7 Å². The fraction of sp³-hybridized carbons (Fsp3) is 0.615. The van der Waals surface area contributed by atoms with E-state index < -0.39 is 0 Å². The molecule has 3 heterocycles. The Bertz CT molecular complexity index is 575. The van der Waals surface area contributed by atoms with Crippen molar-refractivity contribution in [2.45, 2.75) is 37.8 Å². The molecule has 2 fully saturated rings. The highest BCUT2D eigenvalue weighted by molar-refractivity contribution is 5.82. The summed E-state index contributed by atoms with van der Waals surface area (Å²) in [5.41, 5.74) is 1.71. The van der Waals surface area contributed by atoms with Crippen LogP contribution in [-0.2, 0) is 0 Å². The Kier molecular flexibility index (Phi) is 2.61. The smallest absolute Gasteiger partial charge is 0.182 e. The summed E-state index contributed by atoms with van der Waals surface area (Å²) >= 11 is 0. The van der Waals surface area contributed by atoms with E-state index in [-0.39, 0.29) is 0 Å². The number of nitrogens with zero attached hydrogens (tertiary/aromatic N) is 4. The number of anilines is 1. The van der Waals surface area contributed by atoms with Gasteiger partial charge in [0.15, 0.2) is 11.5 Å². The third kappa shape index (κ3) is 2.06. The van der Waals surface area contributed by atoms with Crippen LogP contribution in [-0.4, -0.2) is 45.1 Å². The molecular formula is C13H18N6. The van der Waals surface area contributed by atoms with Gasteiger partial charge in [-0.15, -0.1) is 0 Å². The number of nitrogens with one attached hydrogen (secondary N) is 2. The third-order valence-corrected chi connectivity index (χ3v) is 4.07. The van der Waals surface area contributed by atoms with Crippen LogP contribution in [0.2, 0.25) is 0 Å². The van der Waals surface area contributed by atoms with Gasteiger partial charge in [-0.3, -0.25) is 0 Å². The topological polar surface area (TPSA) is 69.7 Å². The molecule has 2 aromatic rings. The molecule has 6 nitrogen and oxygen atoms in total. The molecule has 19 heavy (non-hydrogen) atoms. The first kappa shape index (κ1) is 11.2. The fourth-order valence-corrected chi connectivity index (χ4v) is 2.89. The van der Waals surface area contributed by atoms with Crippen LogP contribution in [0.4, 0.5) is 5.82 Å². The number of imidazole rings is 1. The van der Waals surface area contributed by atoms with Crippen molar-refractivity contribution in [1.29, 1.82) is 0 Å². The Morgan fingerprint density at radius 1 is 1.26 bits per heavy atom. The maximum atomic E-state index is 4.47. The minimum Gasteiger partial charge on any atom is -0.350 e. The van der Waals surface area contributed by atoms with Gasteiger partial charge in [0, 0.05) is 25.2 Å². The molecule has 1 unspecified atom stereocenters. The maximum absolute atomic E-state index is 4.47. The second-order valence-electron chi connectivity index (χ2n) is 5.47. The van der Waals surface area contributed by atoms with Gasteiger partial charge in [-0.1, -0.05) is 0 Å². The molecule has 100 valence electrons. The molecular weight excluding hydrogens is 240 g/mol. The van der Waals surface area contributed by atoms with Crippen LogP contribution in [0.3, 0.4) is 0 Å². The molecule has 0 aromatic carbocycles. The van der Waals surface area contributed by atoms with Gasteiger partial charge in [-0.25, -0.2) is 15.0 Å². The lowest BCUT2D eigenvalue weighted by Crippen LogP contribution is -2.39. The summed E-state index contributed by atoms with van der Waals surface area (Å²) in [7, 11) is 0. The van der Waals surface area contributed by atoms with Crippen LogP contribution in [0.1, 0.15) is 25.7 Å². The van der Waals surface area contributed by atoms with Crippen molar-refractivity contribution in [1.82, 2.24) is 25.3 Å². The first-order valence-corrected chi connectivity index (χ1v) is 7.06. The molecule has 0 bridgehead atoms. The number of fused-ring (bicyclic) bond motifs is 1. The molecule has 2 aliphatic rings. The minimum absolute atomic E-state index is 0.544. The molecule has 2 aromatic heterocycles. The predicted molar refractivity (Wildman–Crippen MR) is 73.1 cm³/mol. The van der Waals surface area contributed by atoms with E-state index in [2.05, 4.69) is 30.2 Å². The van der Waals surface area contributed by atoms with Crippen LogP contribution in [0.25, 0.3) is 11.2 Å². The van der Waals surface area contributed by atoms with Crippen molar-refractivity contribution in [3.8, 4) is 0 Å².